The van der Waals surface area contributed by atoms with Gasteiger partial charge < -0.3 is 15.0 Å². The first-order chi connectivity index (χ1) is 10.3. The highest BCUT2D eigenvalue weighted by Gasteiger charge is 2.24. The quantitative estimate of drug-likeness (QED) is 0.873. The summed E-state index contributed by atoms with van der Waals surface area (Å²) in [5, 5.41) is 3.46. The van der Waals surface area contributed by atoms with Gasteiger partial charge in [-0.2, -0.15) is 0 Å². The molecule has 1 aliphatic heterocycles. The van der Waals surface area contributed by atoms with Gasteiger partial charge in [0.15, 0.2) is 0 Å². The van der Waals surface area contributed by atoms with Gasteiger partial charge in [-0.1, -0.05) is 0 Å². The average molecular weight is 293 g/mol. The van der Waals surface area contributed by atoms with E-state index in [0.29, 0.717) is 18.5 Å². The van der Waals surface area contributed by atoms with Gasteiger partial charge in [0.05, 0.1) is 6.20 Å². The second-order valence-corrected chi connectivity index (χ2v) is 6.18. The third-order valence-corrected chi connectivity index (χ3v) is 4.38. The molecule has 1 saturated carbocycles. The van der Waals surface area contributed by atoms with Crippen molar-refractivity contribution in [1.82, 2.24) is 10.3 Å². The molecule has 0 aromatic carbocycles. The first-order valence-electron chi connectivity index (χ1n) is 7.88. The average Bonchev–Trinajstić information content (AvgIpc) is 3.31. The van der Waals surface area contributed by atoms with Crippen molar-refractivity contribution in [3.05, 3.63) is 23.6 Å². The first-order valence-corrected chi connectivity index (χ1v) is 7.88. The molecule has 0 spiro atoms. The summed E-state index contributed by atoms with van der Waals surface area (Å²) in [6.07, 6.45) is 6.03. The molecule has 0 bridgehead atoms. The molecule has 116 valence electrons. The number of aromatic nitrogens is 1. The minimum absolute atomic E-state index is 0.249. The zero-order valence-corrected chi connectivity index (χ0v) is 12.6. The molecule has 0 radical (unpaired) electrons. The van der Waals surface area contributed by atoms with Crippen LogP contribution in [0.1, 0.15) is 31.2 Å². The molecule has 0 unspecified atom stereocenters. The smallest absolute Gasteiger partial charge is 0.141 e. The van der Waals surface area contributed by atoms with Crippen molar-refractivity contribution in [2.75, 3.05) is 31.7 Å². The van der Waals surface area contributed by atoms with Gasteiger partial charge in [0.1, 0.15) is 11.6 Å². The molecular formula is C16H24FN3O. The number of nitrogens with zero attached hydrogens (tertiary/aromatic N) is 2. The van der Waals surface area contributed by atoms with E-state index in [9.17, 15) is 4.39 Å². The maximum Gasteiger partial charge on any atom is 0.141 e. The summed E-state index contributed by atoms with van der Waals surface area (Å²) < 4.78 is 18.7. The van der Waals surface area contributed by atoms with Crippen LogP contribution in [0.15, 0.2) is 12.3 Å². The predicted molar refractivity (Wildman–Crippen MR) is 80.9 cm³/mol. The van der Waals surface area contributed by atoms with Crippen LogP contribution < -0.4 is 10.2 Å². The molecule has 1 aliphatic carbocycles. The van der Waals surface area contributed by atoms with Crippen molar-refractivity contribution in [1.29, 1.82) is 0 Å². The number of ether oxygens (including phenoxy) is 1. The highest BCUT2D eigenvalue weighted by atomic mass is 19.1. The molecule has 2 aliphatic rings. The highest BCUT2D eigenvalue weighted by Crippen LogP contribution is 2.26. The zero-order chi connectivity index (χ0) is 14.7. The Hall–Kier alpha value is -1.20. The number of hydrogen-bond donors (Lipinski definition) is 1. The number of nitrogens with one attached hydrogen (secondary N) is 1. The Morgan fingerprint density at radius 2 is 2.10 bits per heavy atom. The van der Waals surface area contributed by atoms with Crippen molar-refractivity contribution in [2.24, 2.45) is 5.92 Å². The third-order valence-electron chi connectivity index (χ3n) is 4.38. The Bertz CT molecular complexity index is 471. The third kappa shape index (κ3) is 3.92. The van der Waals surface area contributed by atoms with Gasteiger partial charge in [-0.25, -0.2) is 9.37 Å². The van der Waals surface area contributed by atoms with E-state index in [1.165, 1.54) is 19.0 Å². The van der Waals surface area contributed by atoms with Crippen LogP contribution in [0.2, 0.25) is 0 Å². The Labute approximate surface area is 125 Å². The molecule has 1 saturated heterocycles. The van der Waals surface area contributed by atoms with Gasteiger partial charge in [-0.05, 0) is 37.7 Å². The summed E-state index contributed by atoms with van der Waals surface area (Å²) in [6.45, 7) is 3.50. The summed E-state index contributed by atoms with van der Waals surface area (Å²) in [7, 11) is 1.76. The maximum atomic E-state index is 13.5. The first kappa shape index (κ1) is 14.7. The van der Waals surface area contributed by atoms with Crippen molar-refractivity contribution < 1.29 is 9.13 Å². The second kappa shape index (κ2) is 6.71. The van der Waals surface area contributed by atoms with Crippen LogP contribution in [0.3, 0.4) is 0 Å². The SMILES string of the molecule is COCC1CCN(c2ncc(F)cc2CNC2CC2)CC1. The van der Waals surface area contributed by atoms with Crippen LogP contribution >= 0.6 is 0 Å². The molecule has 0 amide bonds. The fourth-order valence-corrected chi connectivity index (χ4v) is 2.98. The van der Waals surface area contributed by atoms with E-state index >= 15 is 0 Å². The molecular weight excluding hydrogens is 269 g/mol. The summed E-state index contributed by atoms with van der Waals surface area (Å²) in [4.78, 5) is 6.64. The van der Waals surface area contributed by atoms with E-state index in [0.717, 1.165) is 43.9 Å². The summed E-state index contributed by atoms with van der Waals surface area (Å²) >= 11 is 0. The number of halogens is 1. The molecule has 1 N–H and O–H groups in total. The van der Waals surface area contributed by atoms with Gasteiger partial charge in [0, 0.05) is 45.0 Å². The Balaban J connectivity index is 1.66. The van der Waals surface area contributed by atoms with Crippen molar-refractivity contribution >= 4 is 5.82 Å². The van der Waals surface area contributed by atoms with Crippen LogP contribution in [0, 0.1) is 11.7 Å². The molecule has 1 aromatic heterocycles. The Morgan fingerprint density at radius 3 is 2.76 bits per heavy atom. The molecule has 2 heterocycles. The van der Waals surface area contributed by atoms with Gasteiger partial charge in [-0.3, -0.25) is 0 Å². The Morgan fingerprint density at radius 1 is 1.33 bits per heavy atom. The molecule has 1 aromatic rings. The highest BCUT2D eigenvalue weighted by molar-refractivity contribution is 5.47. The predicted octanol–water partition coefficient (Wildman–Crippen LogP) is 2.34. The minimum Gasteiger partial charge on any atom is -0.384 e. The normalized spacial score (nSPS) is 20.0. The number of methoxy groups -OCH3 is 1. The van der Waals surface area contributed by atoms with E-state index in [-0.39, 0.29) is 5.82 Å². The van der Waals surface area contributed by atoms with E-state index in [1.807, 2.05) is 0 Å². The second-order valence-electron chi connectivity index (χ2n) is 6.18. The van der Waals surface area contributed by atoms with Crippen molar-refractivity contribution in [3.8, 4) is 0 Å². The monoisotopic (exact) mass is 293 g/mol. The van der Waals surface area contributed by atoms with Crippen LogP contribution in [0.25, 0.3) is 0 Å². The lowest BCUT2D eigenvalue weighted by molar-refractivity contribution is 0.139. The number of rotatable bonds is 6. The van der Waals surface area contributed by atoms with Gasteiger partial charge in [0.2, 0.25) is 0 Å². The van der Waals surface area contributed by atoms with Gasteiger partial charge >= 0.3 is 0 Å². The maximum absolute atomic E-state index is 13.5. The minimum atomic E-state index is -0.249. The van der Waals surface area contributed by atoms with Gasteiger partial charge in [0.25, 0.3) is 0 Å². The largest absolute Gasteiger partial charge is 0.384 e. The standard InChI is InChI=1S/C16H24FN3O/c1-21-11-12-4-6-20(7-5-12)16-13(8-14(17)10-19-16)9-18-15-2-3-15/h8,10,12,15,18H,2-7,9,11H2,1H3. The fourth-order valence-electron chi connectivity index (χ4n) is 2.98. The summed E-state index contributed by atoms with van der Waals surface area (Å²) in [5.41, 5.74) is 0.979. The van der Waals surface area contributed by atoms with E-state index in [1.54, 1.807) is 13.2 Å². The summed E-state index contributed by atoms with van der Waals surface area (Å²) in [5.74, 6) is 1.33. The van der Waals surface area contributed by atoms with Gasteiger partial charge in [-0.15, -0.1) is 0 Å². The number of piperidine rings is 1. The lowest BCUT2D eigenvalue weighted by Crippen LogP contribution is -2.36. The molecule has 4 nitrogen and oxygen atoms in total. The molecule has 21 heavy (non-hydrogen) atoms. The van der Waals surface area contributed by atoms with Crippen LogP contribution in [-0.2, 0) is 11.3 Å². The molecule has 2 fully saturated rings. The van der Waals surface area contributed by atoms with Crippen LogP contribution in [-0.4, -0.2) is 37.8 Å². The lowest BCUT2D eigenvalue weighted by Gasteiger charge is -2.33. The molecule has 3 rings (SSSR count). The lowest BCUT2D eigenvalue weighted by atomic mass is 9.97. The Kier molecular flexibility index (Phi) is 4.70. The summed E-state index contributed by atoms with van der Waals surface area (Å²) in [6, 6.07) is 2.24. The van der Waals surface area contributed by atoms with Crippen molar-refractivity contribution in [3.63, 3.8) is 0 Å². The number of pyridine rings is 1. The van der Waals surface area contributed by atoms with Crippen LogP contribution in [0.5, 0.6) is 0 Å². The van der Waals surface area contributed by atoms with E-state index in [4.69, 9.17) is 4.74 Å². The topological polar surface area (TPSA) is 37.4 Å². The molecule has 0 atom stereocenters. The van der Waals surface area contributed by atoms with E-state index in [2.05, 4.69) is 15.2 Å². The zero-order valence-electron chi connectivity index (χ0n) is 12.6. The van der Waals surface area contributed by atoms with E-state index < -0.39 is 0 Å². The fraction of sp³-hybridized carbons (Fsp3) is 0.688. The number of hydrogen-bond acceptors (Lipinski definition) is 4. The van der Waals surface area contributed by atoms with Crippen LogP contribution in [0.4, 0.5) is 10.2 Å². The number of anilines is 1. The van der Waals surface area contributed by atoms with Crippen molar-refractivity contribution in [2.45, 2.75) is 38.3 Å². The molecule has 5 heteroatoms.